The second kappa shape index (κ2) is 3.74. The Balaban J connectivity index is 2.08. The van der Waals surface area contributed by atoms with Crippen molar-refractivity contribution >= 4 is 40.0 Å². The van der Waals surface area contributed by atoms with Gasteiger partial charge in [0.1, 0.15) is 5.65 Å². The number of hydrogen-bond donors (Lipinski definition) is 2. The van der Waals surface area contributed by atoms with E-state index in [1.165, 1.54) is 0 Å². The quantitative estimate of drug-likeness (QED) is 0.752. The topological polar surface area (TPSA) is 74.8 Å². The van der Waals surface area contributed by atoms with E-state index in [1.54, 1.807) is 18.5 Å². The third-order valence-corrected chi connectivity index (χ3v) is 3.22. The standard InChI is InChI=1S/C11H7N3O2S/c15-10-8(17-11(16)14-10)4-6-5-13-9-7(6)2-1-3-12-9/h1-5H,(H,12,13)(H,14,15,16). The first-order chi connectivity index (χ1) is 8.24. The number of aromatic amines is 1. The van der Waals surface area contributed by atoms with Gasteiger partial charge in [-0.05, 0) is 30.0 Å². The van der Waals surface area contributed by atoms with Crippen LogP contribution in [0.1, 0.15) is 5.56 Å². The number of aromatic nitrogens is 2. The Bertz CT molecular complexity index is 660. The van der Waals surface area contributed by atoms with Crippen LogP contribution in [0.15, 0.2) is 29.4 Å². The summed E-state index contributed by atoms with van der Waals surface area (Å²) in [6.45, 7) is 0. The number of carbonyl (C=O) groups excluding carboxylic acids is 2. The molecule has 2 aromatic rings. The summed E-state index contributed by atoms with van der Waals surface area (Å²) in [5.41, 5.74) is 1.61. The van der Waals surface area contributed by atoms with E-state index in [0.29, 0.717) is 4.91 Å². The Labute approximate surface area is 100 Å². The molecule has 1 saturated heterocycles. The number of pyridine rings is 1. The molecule has 1 aliphatic heterocycles. The maximum Gasteiger partial charge on any atom is 0.290 e. The molecule has 5 nitrogen and oxygen atoms in total. The van der Waals surface area contributed by atoms with Crippen LogP contribution in [-0.2, 0) is 4.79 Å². The van der Waals surface area contributed by atoms with Gasteiger partial charge < -0.3 is 4.98 Å². The number of nitrogens with one attached hydrogen (secondary N) is 2. The number of rotatable bonds is 1. The largest absolute Gasteiger partial charge is 0.346 e. The third-order valence-electron chi connectivity index (χ3n) is 2.41. The van der Waals surface area contributed by atoms with E-state index < -0.39 is 0 Å². The van der Waals surface area contributed by atoms with Gasteiger partial charge in [-0.25, -0.2) is 4.98 Å². The van der Waals surface area contributed by atoms with Crippen molar-refractivity contribution in [1.82, 2.24) is 15.3 Å². The molecule has 6 heteroatoms. The van der Waals surface area contributed by atoms with Crippen LogP contribution in [0.4, 0.5) is 4.79 Å². The lowest BCUT2D eigenvalue weighted by Gasteiger charge is -1.92. The van der Waals surface area contributed by atoms with Gasteiger partial charge >= 0.3 is 0 Å². The molecule has 0 radical (unpaired) electrons. The molecular formula is C11H7N3O2S. The SMILES string of the molecule is O=C1NC(=O)C(=Cc2c[nH]c3ncccc23)S1. The molecule has 0 aliphatic carbocycles. The molecule has 3 rings (SSSR count). The minimum absolute atomic E-state index is 0.334. The molecule has 0 atom stereocenters. The molecule has 0 aromatic carbocycles. The number of H-pyrrole nitrogens is 1. The minimum Gasteiger partial charge on any atom is -0.346 e. The van der Waals surface area contributed by atoms with Crippen LogP contribution in [-0.4, -0.2) is 21.1 Å². The van der Waals surface area contributed by atoms with Crippen molar-refractivity contribution in [3.05, 3.63) is 35.0 Å². The van der Waals surface area contributed by atoms with Crippen molar-refractivity contribution in [3.63, 3.8) is 0 Å². The highest BCUT2D eigenvalue weighted by molar-refractivity contribution is 8.18. The van der Waals surface area contributed by atoms with E-state index in [-0.39, 0.29) is 11.1 Å². The molecule has 2 amide bonds. The predicted octanol–water partition coefficient (Wildman–Crippen LogP) is 1.89. The monoisotopic (exact) mass is 245 g/mol. The smallest absolute Gasteiger partial charge is 0.290 e. The highest BCUT2D eigenvalue weighted by Gasteiger charge is 2.25. The Morgan fingerprint density at radius 2 is 2.24 bits per heavy atom. The van der Waals surface area contributed by atoms with Gasteiger partial charge in [0.15, 0.2) is 0 Å². The first-order valence-electron chi connectivity index (χ1n) is 4.91. The molecular weight excluding hydrogens is 238 g/mol. The molecule has 0 saturated carbocycles. The Hall–Kier alpha value is -2.08. The summed E-state index contributed by atoms with van der Waals surface area (Å²) < 4.78 is 0. The summed E-state index contributed by atoms with van der Waals surface area (Å²) in [7, 11) is 0. The molecule has 0 spiro atoms. The fourth-order valence-electron chi connectivity index (χ4n) is 1.66. The first kappa shape index (κ1) is 10.1. The van der Waals surface area contributed by atoms with E-state index in [1.807, 2.05) is 12.1 Å². The van der Waals surface area contributed by atoms with Crippen molar-refractivity contribution in [2.45, 2.75) is 0 Å². The van der Waals surface area contributed by atoms with Gasteiger partial charge in [-0.15, -0.1) is 0 Å². The number of hydrogen-bond acceptors (Lipinski definition) is 4. The summed E-state index contributed by atoms with van der Waals surface area (Å²) in [5, 5.41) is 2.81. The Kier molecular flexibility index (Phi) is 2.22. The first-order valence-corrected chi connectivity index (χ1v) is 5.72. The number of fused-ring (bicyclic) bond motifs is 1. The van der Waals surface area contributed by atoms with Crippen LogP contribution in [0, 0.1) is 0 Å². The van der Waals surface area contributed by atoms with Crippen molar-refractivity contribution in [1.29, 1.82) is 0 Å². The van der Waals surface area contributed by atoms with Gasteiger partial charge in [-0.2, -0.15) is 0 Å². The highest BCUT2D eigenvalue weighted by Crippen LogP contribution is 2.27. The number of imide groups is 1. The van der Waals surface area contributed by atoms with Gasteiger partial charge in [0.2, 0.25) is 0 Å². The van der Waals surface area contributed by atoms with Crippen LogP contribution in [0.3, 0.4) is 0 Å². The molecule has 0 unspecified atom stereocenters. The van der Waals surface area contributed by atoms with Crippen molar-refractivity contribution in [3.8, 4) is 0 Å². The maximum absolute atomic E-state index is 11.4. The van der Waals surface area contributed by atoms with Crippen LogP contribution >= 0.6 is 11.8 Å². The van der Waals surface area contributed by atoms with Gasteiger partial charge in [0.05, 0.1) is 4.91 Å². The van der Waals surface area contributed by atoms with Gasteiger partial charge in [-0.1, -0.05) is 0 Å². The summed E-state index contributed by atoms with van der Waals surface area (Å²) in [6, 6.07) is 3.73. The number of nitrogens with zero attached hydrogens (tertiary/aromatic N) is 1. The average Bonchev–Trinajstić information content (AvgIpc) is 2.85. The molecule has 3 heterocycles. The highest BCUT2D eigenvalue weighted by atomic mass is 32.2. The number of amides is 2. The average molecular weight is 245 g/mol. The van der Waals surface area contributed by atoms with E-state index in [0.717, 1.165) is 28.4 Å². The van der Waals surface area contributed by atoms with E-state index in [9.17, 15) is 9.59 Å². The Morgan fingerprint density at radius 1 is 1.35 bits per heavy atom. The zero-order valence-corrected chi connectivity index (χ0v) is 9.38. The molecule has 84 valence electrons. The van der Waals surface area contributed by atoms with E-state index in [2.05, 4.69) is 15.3 Å². The van der Waals surface area contributed by atoms with Crippen LogP contribution < -0.4 is 5.32 Å². The van der Waals surface area contributed by atoms with Crippen molar-refractivity contribution in [2.75, 3.05) is 0 Å². The molecule has 2 N–H and O–H groups in total. The van der Waals surface area contributed by atoms with E-state index in [4.69, 9.17) is 0 Å². The zero-order chi connectivity index (χ0) is 11.8. The normalized spacial score (nSPS) is 18.0. The Morgan fingerprint density at radius 3 is 3.00 bits per heavy atom. The van der Waals surface area contributed by atoms with Crippen molar-refractivity contribution in [2.24, 2.45) is 0 Å². The van der Waals surface area contributed by atoms with E-state index >= 15 is 0 Å². The molecule has 0 bridgehead atoms. The molecule has 17 heavy (non-hydrogen) atoms. The van der Waals surface area contributed by atoms with Crippen LogP contribution in [0.25, 0.3) is 17.1 Å². The minimum atomic E-state index is -0.349. The lowest BCUT2D eigenvalue weighted by Crippen LogP contribution is -2.17. The molecule has 1 aliphatic rings. The van der Waals surface area contributed by atoms with Gasteiger partial charge in [0.25, 0.3) is 11.1 Å². The maximum atomic E-state index is 11.4. The second-order valence-corrected chi connectivity index (χ2v) is 4.51. The van der Waals surface area contributed by atoms with Gasteiger partial charge in [-0.3, -0.25) is 14.9 Å². The lowest BCUT2D eigenvalue weighted by molar-refractivity contribution is -0.115. The molecule has 2 aromatic heterocycles. The summed E-state index contributed by atoms with van der Waals surface area (Å²) in [4.78, 5) is 30.0. The lowest BCUT2D eigenvalue weighted by atomic mass is 10.2. The van der Waals surface area contributed by atoms with Gasteiger partial charge in [0, 0.05) is 23.3 Å². The number of thioether (sulfide) groups is 1. The zero-order valence-electron chi connectivity index (χ0n) is 8.56. The predicted molar refractivity (Wildman–Crippen MR) is 65.2 cm³/mol. The summed E-state index contributed by atoms with van der Waals surface area (Å²) >= 11 is 0.908. The van der Waals surface area contributed by atoms with Crippen molar-refractivity contribution < 1.29 is 9.59 Å². The second-order valence-electron chi connectivity index (χ2n) is 3.50. The molecule has 1 fully saturated rings. The fourth-order valence-corrected chi connectivity index (χ4v) is 2.33. The number of carbonyl (C=O) groups is 2. The summed E-state index contributed by atoms with van der Waals surface area (Å²) in [5.74, 6) is -0.349. The van der Waals surface area contributed by atoms with Crippen LogP contribution in [0.2, 0.25) is 0 Å². The third kappa shape index (κ3) is 1.72. The van der Waals surface area contributed by atoms with Crippen LogP contribution in [0.5, 0.6) is 0 Å². The fraction of sp³-hybridized carbons (Fsp3) is 0. The summed E-state index contributed by atoms with van der Waals surface area (Å²) in [6.07, 6.45) is 5.14.